The molecule has 0 fully saturated rings. The molecule has 0 saturated heterocycles. The summed E-state index contributed by atoms with van der Waals surface area (Å²) in [6, 6.07) is 14.3. The van der Waals surface area contributed by atoms with Crippen LogP contribution in [0.4, 0.5) is 0 Å². The van der Waals surface area contributed by atoms with Gasteiger partial charge in [-0.15, -0.1) is 0 Å². The number of rotatable bonds is 5. The fraction of sp³-hybridized carbons (Fsp3) is 0.111. The van der Waals surface area contributed by atoms with Crippen LogP contribution in [0, 0.1) is 6.92 Å². The van der Waals surface area contributed by atoms with Crippen LogP contribution in [0.5, 0.6) is 0 Å². The van der Waals surface area contributed by atoms with Crippen LogP contribution in [-0.2, 0) is 21.2 Å². The number of carbonyl (C=O) groups excluding carboxylic acids is 1. The van der Waals surface area contributed by atoms with Crippen LogP contribution >= 0.6 is 23.2 Å². The largest absolute Gasteiger partial charge is 0.274 e. The van der Waals surface area contributed by atoms with E-state index in [1.807, 2.05) is 0 Å². The third-order valence-electron chi connectivity index (χ3n) is 3.67. The normalized spacial score (nSPS) is 11.4. The monoisotopic (exact) mass is 423 g/mol. The van der Waals surface area contributed by atoms with Crippen molar-refractivity contribution in [1.29, 1.82) is 0 Å². The Morgan fingerprint density at radius 2 is 1.78 bits per heavy atom. The van der Waals surface area contributed by atoms with Crippen LogP contribution < -0.4 is 4.72 Å². The minimum atomic E-state index is -3.98. The number of hydrogen-bond donors (Lipinski definition) is 1. The summed E-state index contributed by atoms with van der Waals surface area (Å²) >= 11 is 11.8. The van der Waals surface area contributed by atoms with Gasteiger partial charge in [-0.1, -0.05) is 29.3 Å². The molecule has 1 aromatic heterocycles. The Bertz CT molecular complexity index is 1090. The van der Waals surface area contributed by atoms with Crippen molar-refractivity contribution >= 4 is 39.1 Å². The van der Waals surface area contributed by atoms with Crippen LogP contribution in [0.15, 0.2) is 59.5 Å². The molecule has 2 aromatic carbocycles. The average molecular weight is 424 g/mol. The molecule has 0 aliphatic carbocycles. The van der Waals surface area contributed by atoms with Gasteiger partial charge < -0.3 is 0 Å². The van der Waals surface area contributed by atoms with E-state index in [2.05, 4.69) is 9.82 Å². The smallest absolute Gasteiger partial charge is 0.264 e. The van der Waals surface area contributed by atoms with E-state index in [1.165, 1.54) is 24.3 Å². The maximum atomic E-state index is 12.3. The van der Waals surface area contributed by atoms with Crippen LogP contribution in [0.1, 0.15) is 11.4 Å². The number of sulfonamides is 1. The molecule has 0 radical (unpaired) electrons. The van der Waals surface area contributed by atoms with Gasteiger partial charge in [-0.25, -0.2) is 17.8 Å². The first kappa shape index (κ1) is 19.4. The highest BCUT2D eigenvalue weighted by Gasteiger charge is 2.19. The van der Waals surface area contributed by atoms with Gasteiger partial charge in [-0.2, -0.15) is 5.10 Å². The highest BCUT2D eigenvalue weighted by molar-refractivity contribution is 7.90. The van der Waals surface area contributed by atoms with Crippen LogP contribution in [0.25, 0.3) is 5.69 Å². The maximum Gasteiger partial charge on any atom is 0.264 e. The number of aryl methyl sites for hydroxylation is 1. The molecule has 1 heterocycles. The van der Waals surface area contributed by atoms with Crippen molar-refractivity contribution in [2.75, 3.05) is 0 Å². The van der Waals surface area contributed by atoms with E-state index < -0.39 is 15.9 Å². The van der Waals surface area contributed by atoms with E-state index in [9.17, 15) is 13.2 Å². The SMILES string of the molecule is Cc1cc(CC(=O)NS(=O)(=O)c2ccc(Cl)cc2)n(-c2cccc(Cl)c2)n1. The first-order valence-corrected chi connectivity index (χ1v) is 10.1. The molecule has 0 unspecified atom stereocenters. The van der Waals surface area contributed by atoms with Gasteiger partial charge in [-0.05, 0) is 55.5 Å². The molecule has 0 bridgehead atoms. The van der Waals surface area contributed by atoms with Crippen LogP contribution in [0.2, 0.25) is 10.0 Å². The van der Waals surface area contributed by atoms with Crippen molar-refractivity contribution in [3.05, 3.63) is 76.0 Å². The second-order valence-corrected chi connectivity index (χ2v) is 8.38. The lowest BCUT2D eigenvalue weighted by Crippen LogP contribution is -2.32. The van der Waals surface area contributed by atoms with Gasteiger partial charge in [0, 0.05) is 10.0 Å². The number of nitrogens with one attached hydrogen (secondary N) is 1. The third kappa shape index (κ3) is 4.68. The number of halogens is 2. The molecule has 6 nitrogen and oxygen atoms in total. The molecule has 1 N–H and O–H groups in total. The van der Waals surface area contributed by atoms with Crippen molar-refractivity contribution in [3.63, 3.8) is 0 Å². The molecule has 9 heteroatoms. The molecule has 3 aromatic rings. The molecule has 0 saturated carbocycles. The number of amides is 1. The van der Waals surface area contributed by atoms with Gasteiger partial charge in [-0.3, -0.25) is 4.79 Å². The highest BCUT2D eigenvalue weighted by atomic mass is 35.5. The fourth-order valence-electron chi connectivity index (χ4n) is 2.53. The Balaban J connectivity index is 1.82. The first-order chi connectivity index (χ1) is 12.7. The Labute approximate surface area is 166 Å². The minimum Gasteiger partial charge on any atom is -0.274 e. The predicted octanol–water partition coefficient (Wildman–Crippen LogP) is 3.54. The van der Waals surface area contributed by atoms with E-state index in [1.54, 1.807) is 41.9 Å². The van der Waals surface area contributed by atoms with Gasteiger partial charge in [0.1, 0.15) is 0 Å². The lowest BCUT2D eigenvalue weighted by Gasteiger charge is -2.09. The van der Waals surface area contributed by atoms with E-state index in [0.29, 0.717) is 27.1 Å². The zero-order valence-electron chi connectivity index (χ0n) is 14.2. The Morgan fingerprint density at radius 1 is 1.07 bits per heavy atom. The summed E-state index contributed by atoms with van der Waals surface area (Å²) in [4.78, 5) is 12.3. The quantitative estimate of drug-likeness (QED) is 0.680. The topological polar surface area (TPSA) is 81.1 Å². The summed E-state index contributed by atoms with van der Waals surface area (Å²) in [7, 11) is -3.98. The molecule has 0 aliphatic heterocycles. The zero-order valence-corrected chi connectivity index (χ0v) is 16.5. The Hall–Kier alpha value is -2.35. The molecular weight excluding hydrogens is 409 g/mol. The third-order valence-corrected chi connectivity index (χ3v) is 5.55. The van der Waals surface area contributed by atoms with E-state index in [-0.39, 0.29) is 11.3 Å². The van der Waals surface area contributed by atoms with E-state index in [4.69, 9.17) is 23.2 Å². The second kappa shape index (κ2) is 7.72. The fourth-order valence-corrected chi connectivity index (χ4v) is 3.83. The highest BCUT2D eigenvalue weighted by Crippen LogP contribution is 2.18. The maximum absolute atomic E-state index is 12.3. The number of nitrogens with zero attached hydrogens (tertiary/aromatic N) is 2. The number of carbonyl (C=O) groups is 1. The summed E-state index contributed by atoms with van der Waals surface area (Å²) in [6.07, 6.45) is -0.166. The van der Waals surface area contributed by atoms with Crippen molar-refractivity contribution in [3.8, 4) is 5.69 Å². The molecule has 0 atom stereocenters. The van der Waals surface area contributed by atoms with Gasteiger partial charge in [0.2, 0.25) is 5.91 Å². The number of aromatic nitrogens is 2. The number of benzene rings is 2. The molecule has 27 heavy (non-hydrogen) atoms. The molecule has 0 spiro atoms. The summed E-state index contributed by atoms with van der Waals surface area (Å²) < 4.78 is 28.3. The number of hydrogen-bond acceptors (Lipinski definition) is 4. The molecule has 140 valence electrons. The van der Waals surface area contributed by atoms with Gasteiger partial charge in [0.25, 0.3) is 10.0 Å². The molecule has 1 amide bonds. The molecular formula is C18H15Cl2N3O3S. The molecule has 3 rings (SSSR count). The van der Waals surface area contributed by atoms with Crippen molar-refractivity contribution in [2.45, 2.75) is 18.2 Å². The predicted molar refractivity (Wildman–Crippen MR) is 104 cm³/mol. The lowest BCUT2D eigenvalue weighted by atomic mass is 10.2. The van der Waals surface area contributed by atoms with Crippen LogP contribution in [0.3, 0.4) is 0 Å². The second-order valence-electron chi connectivity index (χ2n) is 5.83. The minimum absolute atomic E-state index is 0.0419. The lowest BCUT2D eigenvalue weighted by molar-refractivity contribution is -0.118. The van der Waals surface area contributed by atoms with Gasteiger partial charge in [0.15, 0.2) is 0 Å². The summed E-state index contributed by atoms with van der Waals surface area (Å²) in [5, 5.41) is 5.29. The summed E-state index contributed by atoms with van der Waals surface area (Å²) in [6.45, 7) is 1.78. The molecule has 0 aliphatic rings. The van der Waals surface area contributed by atoms with Crippen LogP contribution in [-0.4, -0.2) is 24.1 Å². The average Bonchev–Trinajstić information content (AvgIpc) is 2.95. The zero-order chi connectivity index (χ0) is 19.6. The van der Waals surface area contributed by atoms with Gasteiger partial charge >= 0.3 is 0 Å². The van der Waals surface area contributed by atoms with Gasteiger partial charge in [0.05, 0.1) is 28.4 Å². The Kier molecular flexibility index (Phi) is 5.55. The van der Waals surface area contributed by atoms with Crippen molar-refractivity contribution in [2.24, 2.45) is 0 Å². The summed E-state index contributed by atoms with van der Waals surface area (Å²) in [5.74, 6) is -0.673. The van der Waals surface area contributed by atoms with E-state index in [0.717, 1.165) is 0 Å². The van der Waals surface area contributed by atoms with E-state index >= 15 is 0 Å². The standard InChI is InChI=1S/C18H15Cl2N3O3S/c1-12-9-16(23(21-12)15-4-2-3-14(20)10-15)11-18(24)22-27(25,26)17-7-5-13(19)6-8-17/h2-10H,11H2,1H3,(H,22,24). The Morgan fingerprint density at radius 3 is 2.44 bits per heavy atom. The summed E-state index contributed by atoms with van der Waals surface area (Å²) in [5.41, 5.74) is 1.91. The van der Waals surface area contributed by atoms with Crippen molar-refractivity contribution < 1.29 is 13.2 Å². The van der Waals surface area contributed by atoms with Crippen molar-refractivity contribution in [1.82, 2.24) is 14.5 Å². The first-order valence-electron chi connectivity index (χ1n) is 7.87.